The Kier molecular flexibility index (Phi) is 4.57. The fraction of sp³-hybridized carbons (Fsp3) is 0.286. The van der Waals surface area contributed by atoms with E-state index >= 15 is 0 Å². The standard InChI is InChI=1S/C14H17BrN4O/c1-8(2)12-13(19-16)17-7-18-14(12)20-11-6-10(15)5-4-9(11)3/h4-8H,16H2,1-3H3,(H,17,18,19). The van der Waals surface area contributed by atoms with E-state index in [1.165, 1.54) is 6.33 Å². The average molecular weight is 337 g/mol. The number of nitrogen functional groups attached to an aromatic ring is 1. The number of hydrogen-bond donors (Lipinski definition) is 2. The number of rotatable bonds is 4. The van der Waals surface area contributed by atoms with Crippen molar-refractivity contribution < 1.29 is 4.74 Å². The molecule has 6 heteroatoms. The summed E-state index contributed by atoms with van der Waals surface area (Å²) < 4.78 is 6.90. The molecule has 0 saturated carbocycles. The van der Waals surface area contributed by atoms with Gasteiger partial charge in [-0.15, -0.1) is 0 Å². The molecule has 106 valence electrons. The zero-order valence-electron chi connectivity index (χ0n) is 11.6. The lowest BCUT2D eigenvalue weighted by Gasteiger charge is -2.16. The minimum atomic E-state index is 0.185. The second-order valence-corrected chi connectivity index (χ2v) is 5.67. The third-order valence-electron chi connectivity index (χ3n) is 2.92. The van der Waals surface area contributed by atoms with Crippen LogP contribution in [0.2, 0.25) is 0 Å². The van der Waals surface area contributed by atoms with Crippen LogP contribution in [0.3, 0.4) is 0 Å². The molecular weight excluding hydrogens is 320 g/mol. The van der Waals surface area contributed by atoms with Gasteiger partial charge < -0.3 is 10.2 Å². The van der Waals surface area contributed by atoms with Crippen molar-refractivity contribution in [2.24, 2.45) is 5.84 Å². The lowest BCUT2D eigenvalue weighted by atomic mass is 10.1. The number of nitrogens with zero attached hydrogens (tertiary/aromatic N) is 2. The first-order valence-corrected chi connectivity index (χ1v) is 7.07. The molecule has 1 aromatic carbocycles. The van der Waals surface area contributed by atoms with E-state index in [9.17, 15) is 0 Å². The highest BCUT2D eigenvalue weighted by Gasteiger charge is 2.17. The minimum absolute atomic E-state index is 0.185. The summed E-state index contributed by atoms with van der Waals surface area (Å²) in [4.78, 5) is 8.35. The minimum Gasteiger partial charge on any atom is -0.438 e. The van der Waals surface area contributed by atoms with Crippen LogP contribution >= 0.6 is 15.9 Å². The third-order valence-corrected chi connectivity index (χ3v) is 3.41. The maximum Gasteiger partial charge on any atom is 0.227 e. The second kappa shape index (κ2) is 6.19. The van der Waals surface area contributed by atoms with Gasteiger partial charge in [0, 0.05) is 4.47 Å². The van der Waals surface area contributed by atoms with Gasteiger partial charge in [0.2, 0.25) is 5.88 Å². The van der Waals surface area contributed by atoms with E-state index in [1.807, 2.05) is 39.0 Å². The van der Waals surface area contributed by atoms with E-state index in [1.54, 1.807) is 0 Å². The molecule has 0 radical (unpaired) electrons. The summed E-state index contributed by atoms with van der Waals surface area (Å²) in [6, 6.07) is 5.87. The predicted octanol–water partition coefficient (Wildman–Crippen LogP) is 3.75. The van der Waals surface area contributed by atoms with Gasteiger partial charge in [-0.3, -0.25) is 0 Å². The summed E-state index contributed by atoms with van der Waals surface area (Å²) in [5.74, 6) is 7.54. The normalized spacial score (nSPS) is 10.7. The van der Waals surface area contributed by atoms with E-state index in [-0.39, 0.29) is 5.92 Å². The number of ether oxygens (including phenoxy) is 1. The largest absolute Gasteiger partial charge is 0.438 e. The Morgan fingerprint density at radius 3 is 2.70 bits per heavy atom. The summed E-state index contributed by atoms with van der Waals surface area (Å²) in [7, 11) is 0. The lowest BCUT2D eigenvalue weighted by molar-refractivity contribution is 0.448. The molecule has 0 atom stereocenters. The Bertz CT molecular complexity index is 616. The van der Waals surface area contributed by atoms with E-state index in [0.29, 0.717) is 11.7 Å². The molecule has 0 spiro atoms. The molecule has 0 unspecified atom stereocenters. The van der Waals surface area contributed by atoms with Crippen molar-refractivity contribution in [3.63, 3.8) is 0 Å². The van der Waals surface area contributed by atoms with Crippen LogP contribution < -0.4 is 16.0 Å². The Labute approximate surface area is 126 Å². The van der Waals surface area contributed by atoms with Gasteiger partial charge >= 0.3 is 0 Å². The van der Waals surface area contributed by atoms with Crippen molar-refractivity contribution >= 4 is 21.7 Å². The number of aryl methyl sites for hydroxylation is 1. The van der Waals surface area contributed by atoms with Gasteiger partial charge in [0.15, 0.2) is 5.82 Å². The van der Waals surface area contributed by atoms with Crippen LogP contribution in [0.4, 0.5) is 5.82 Å². The van der Waals surface area contributed by atoms with Crippen LogP contribution in [-0.2, 0) is 0 Å². The van der Waals surface area contributed by atoms with E-state index < -0.39 is 0 Å². The van der Waals surface area contributed by atoms with Crippen molar-refractivity contribution in [1.29, 1.82) is 0 Å². The molecule has 0 amide bonds. The maximum atomic E-state index is 5.95. The highest BCUT2D eigenvalue weighted by molar-refractivity contribution is 9.10. The van der Waals surface area contributed by atoms with Crippen LogP contribution in [0.25, 0.3) is 0 Å². The predicted molar refractivity (Wildman–Crippen MR) is 82.9 cm³/mol. The van der Waals surface area contributed by atoms with E-state index in [2.05, 4.69) is 31.3 Å². The molecule has 1 heterocycles. The van der Waals surface area contributed by atoms with Gasteiger partial charge in [-0.2, -0.15) is 0 Å². The summed E-state index contributed by atoms with van der Waals surface area (Å²) in [6.45, 7) is 6.07. The van der Waals surface area contributed by atoms with Crippen molar-refractivity contribution in [2.75, 3.05) is 5.43 Å². The second-order valence-electron chi connectivity index (χ2n) is 4.75. The van der Waals surface area contributed by atoms with Crippen molar-refractivity contribution in [1.82, 2.24) is 9.97 Å². The quantitative estimate of drug-likeness (QED) is 0.657. The SMILES string of the molecule is Cc1ccc(Br)cc1Oc1ncnc(NN)c1C(C)C. The molecule has 20 heavy (non-hydrogen) atoms. The number of benzene rings is 1. The Morgan fingerprint density at radius 2 is 2.05 bits per heavy atom. The number of anilines is 1. The molecule has 0 saturated heterocycles. The van der Waals surface area contributed by atoms with Crippen LogP contribution in [0.5, 0.6) is 11.6 Å². The zero-order valence-corrected chi connectivity index (χ0v) is 13.2. The topological polar surface area (TPSA) is 73.1 Å². The summed E-state index contributed by atoms with van der Waals surface area (Å²) in [6.07, 6.45) is 1.43. The van der Waals surface area contributed by atoms with E-state index in [0.717, 1.165) is 21.3 Å². The molecule has 2 aromatic rings. The average Bonchev–Trinajstić information content (AvgIpc) is 2.42. The van der Waals surface area contributed by atoms with Crippen LogP contribution in [0.1, 0.15) is 30.9 Å². The highest BCUT2D eigenvalue weighted by Crippen LogP contribution is 2.34. The Morgan fingerprint density at radius 1 is 1.30 bits per heavy atom. The smallest absolute Gasteiger partial charge is 0.227 e. The van der Waals surface area contributed by atoms with Crippen LogP contribution in [0, 0.1) is 6.92 Å². The molecule has 0 aliphatic heterocycles. The van der Waals surface area contributed by atoms with Gasteiger partial charge in [0.05, 0.1) is 5.56 Å². The monoisotopic (exact) mass is 336 g/mol. The third kappa shape index (κ3) is 3.08. The summed E-state index contributed by atoms with van der Waals surface area (Å²) in [5, 5.41) is 0. The number of hydrogen-bond acceptors (Lipinski definition) is 5. The number of aromatic nitrogens is 2. The molecule has 1 aromatic heterocycles. The molecule has 0 aliphatic rings. The van der Waals surface area contributed by atoms with Crippen molar-refractivity contribution in [3.8, 4) is 11.6 Å². The van der Waals surface area contributed by atoms with Crippen LogP contribution in [0.15, 0.2) is 29.0 Å². The number of nitrogens with two attached hydrogens (primary N) is 1. The van der Waals surface area contributed by atoms with Gasteiger partial charge in [0.1, 0.15) is 12.1 Å². The van der Waals surface area contributed by atoms with Crippen LogP contribution in [-0.4, -0.2) is 9.97 Å². The molecule has 5 nitrogen and oxygen atoms in total. The molecule has 3 N–H and O–H groups in total. The van der Waals surface area contributed by atoms with Gasteiger partial charge in [-0.05, 0) is 30.5 Å². The first kappa shape index (κ1) is 14.7. The molecule has 0 aliphatic carbocycles. The fourth-order valence-corrected chi connectivity index (χ4v) is 2.22. The first-order chi connectivity index (χ1) is 9.52. The maximum absolute atomic E-state index is 5.95. The molecular formula is C14H17BrN4O. The molecule has 0 fully saturated rings. The van der Waals surface area contributed by atoms with Gasteiger partial charge in [-0.1, -0.05) is 35.8 Å². The first-order valence-electron chi connectivity index (χ1n) is 6.28. The number of nitrogens with one attached hydrogen (secondary N) is 1. The number of halogens is 1. The molecule has 0 bridgehead atoms. The summed E-state index contributed by atoms with van der Waals surface area (Å²) in [5.41, 5.74) is 4.48. The summed E-state index contributed by atoms with van der Waals surface area (Å²) >= 11 is 3.44. The van der Waals surface area contributed by atoms with Gasteiger partial charge in [-0.25, -0.2) is 15.8 Å². The lowest BCUT2D eigenvalue weighted by Crippen LogP contribution is -2.13. The number of hydrazine groups is 1. The van der Waals surface area contributed by atoms with E-state index in [4.69, 9.17) is 10.6 Å². The Hall–Kier alpha value is -1.66. The Balaban J connectivity index is 2.45. The van der Waals surface area contributed by atoms with Crippen molar-refractivity contribution in [3.05, 3.63) is 40.1 Å². The van der Waals surface area contributed by atoms with Crippen molar-refractivity contribution in [2.45, 2.75) is 26.7 Å². The fourth-order valence-electron chi connectivity index (χ4n) is 1.88. The highest BCUT2D eigenvalue weighted by atomic mass is 79.9. The zero-order chi connectivity index (χ0) is 14.7. The molecule has 2 rings (SSSR count). The van der Waals surface area contributed by atoms with Gasteiger partial charge in [0.25, 0.3) is 0 Å².